The molecule has 0 aliphatic carbocycles. The van der Waals surface area contributed by atoms with Gasteiger partial charge >= 0.3 is 5.97 Å². The van der Waals surface area contributed by atoms with E-state index in [0.29, 0.717) is 16.5 Å². The minimum Gasteiger partial charge on any atom is -0.465 e. The summed E-state index contributed by atoms with van der Waals surface area (Å²) >= 11 is 1.20. The van der Waals surface area contributed by atoms with Gasteiger partial charge < -0.3 is 10.1 Å². The third-order valence-electron chi connectivity index (χ3n) is 3.94. The van der Waals surface area contributed by atoms with Crippen LogP contribution in [0.2, 0.25) is 0 Å². The average molecular weight is 387 g/mol. The quantitative estimate of drug-likeness (QED) is 0.638. The summed E-state index contributed by atoms with van der Waals surface area (Å²) in [4.78, 5) is 24.6. The van der Waals surface area contributed by atoms with Gasteiger partial charge in [-0.1, -0.05) is 29.8 Å². The first kappa shape index (κ1) is 18.7. The number of carbonyl (C=O) groups is 2. The molecule has 27 heavy (non-hydrogen) atoms. The van der Waals surface area contributed by atoms with E-state index in [2.05, 4.69) is 10.1 Å². The molecule has 0 saturated carbocycles. The smallest absolute Gasteiger partial charge is 0.340 e. The molecule has 3 aromatic rings. The number of carbonyl (C=O) groups excluding carboxylic acids is 2. The van der Waals surface area contributed by atoms with Crippen molar-refractivity contribution in [1.82, 2.24) is 0 Å². The number of benzene rings is 2. The van der Waals surface area contributed by atoms with E-state index >= 15 is 0 Å². The number of aryl methyl sites for hydroxylation is 1. The molecular weight excluding hydrogens is 372 g/mol. The van der Waals surface area contributed by atoms with E-state index in [1.807, 2.05) is 31.2 Å². The minimum absolute atomic E-state index is 0.301. The summed E-state index contributed by atoms with van der Waals surface area (Å²) in [6, 6.07) is 10.9. The molecule has 4 nitrogen and oxygen atoms in total. The number of thiophene rings is 1. The highest BCUT2D eigenvalue weighted by atomic mass is 32.1. The zero-order valence-corrected chi connectivity index (χ0v) is 15.3. The van der Waals surface area contributed by atoms with Crippen molar-refractivity contribution in [2.24, 2.45) is 0 Å². The molecule has 1 aromatic heterocycles. The lowest BCUT2D eigenvalue weighted by molar-refractivity contribution is 0.0595. The Kier molecular flexibility index (Phi) is 5.32. The van der Waals surface area contributed by atoms with Gasteiger partial charge in [0, 0.05) is 11.6 Å². The topological polar surface area (TPSA) is 55.4 Å². The lowest BCUT2D eigenvalue weighted by Crippen LogP contribution is -2.14. The van der Waals surface area contributed by atoms with E-state index in [1.54, 1.807) is 11.4 Å². The molecule has 1 heterocycles. The Morgan fingerprint density at radius 1 is 1.04 bits per heavy atom. The van der Waals surface area contributed by atoms with Crippen molar-refractivity contribution in [2.45, 2.75) is 6.92 Å². The molecule has 3 rings (SSSR count). The molecule has 2 aromatic carbocycles. The highest BCUT2D eigenvalue weighted by Crippen LogP contribution is 2.30. The van der Waals surface area contributed by atoms with E-state index in [1.165, 1.54) is 11.3 Å². The summed E-state index contributed by atoms with van der Waals surface area (Å²) in [5.74, 6) is -3.56. The molecule has 1 N–H and O–H groups in total. The molecule has 7 heteroatoms. The first-order valence-electron chi connectivity index (χ1n) is 7.94. The van der Waals surface area contributed by atoms with Crippen LogP contribution in [-0.4, -0.2) is 19.0 Å². The van der Waals surface area contributed by atoms with Gasteiger partial charge in [-0.05, 0) is 30.0 Å². The van der Waals surface area contributed by atoms with Crippen LogP contribution in [0.3, 0.4) is 0 Å². The zero-order chi connectivity index (χ0) is 19.6. The minimum atomic E-state index is -1.06. The van der Waals surface area contributed by atoms with E-state index in [4.69, 9.17) is 0 Å². The number of halogens is 2. The predicted octanol–water partition coefficient (Wildman–Crippen LogP) is 5.04. The molecule has 0 aliphatic rings. The zero-order valence-electron chi connectivity index (χ0n) is 14.5. The summed E-state index contributed by atoms with van der Waals surface area (Å²) in [7, 11) is 1.09. The first-order valence-corrected chi connectivity index (χ1v) is 8.82. The summed E-state index contributed by atoms with van der Waals surface area (Å²) in [6.45, 7) is 1.96. The van der Waals surface area contributed by atoms with Crippen molar-refractivity contribution in [3.05, 3.63) is 75.5 Å². The van der Waals surface area contributed by atoms with Crippen LogP contribution in [0.25, 0.3) is 11.1 Å². The van der Waals surface area contributed by atoms with Crippen molar-refractivity contribution in [3.8, 4) is 11.1 Å². The second kappa shape index (κ2) is 7.67. The fraction of sp³-hybridized carbons (Fsp3) is 0.100. The van der Waals surface area contributed by atoms with Crippen LogP contribution in [0.15, 0.2) is 47.8 Å². The first-order chi connectivity index (χ1) is 12.9. The molecular formula is C20H15F2NO3S. The number of methoxy groups -OCH3 is 1. The van der Waals surface area contributed by atoms with Crippen LogP contribution in [0.4, 0.5) is 14.5 Å². The fourth-order valence-corrected chi connectivity index (χ4v) is 3.35. The maximum atomic E-state index is 14.1. The molecule has 0 atom stereocenters. The van der Waals surface area contributed by atoms with Crippen LogP contribution in [0.5, 0.6) is 0 Å². The normalized spacial score (nSPS) is 10.5. The van der Waals surface area contributed by atoms with Crippen molar-refractivity contribution < 1.29 is 23.1 Å². The van der Waals surface area contributed by atoms with Crippen molar-refractivity contribution in [3.63, 3.8) is 0 Å². The molecule has 0 unspecified atom stereocenters. The molecule has 138 valence electrons. The molecule has 0 bridgehead atoms. The third-order valence-corrected chi connectivity index (χ3v) is 4.86. The maximum absolute atomic E-state index is 14.1. The van der Waals surface area contributed by atoms with Gasteiger partial charge in [-0.3, -0.25) is 4.79 Å². The summed E-state index contributed by atoms with van der Waals surface area (Å²) in [5, 5.41) is 4.16. The summed E-state index contributed by atoms with van der Waals surface area (Å²) in [5.41, 5.74) is 1.88. The van der Waals surface area contributed by atoms with Crippen LogP contribution in [-0.2, 0) is 4.74 Å². The van der Waals surface area contributed by atoms with Crippen molar-refractivity contribution >= 4 is 28.9 Å². The van der Waals surface area contributed by atoms with Crippen LogP contribution in [0, 0.1) is 18.6 Å². The van der Waals surface area contributed by atoms with E-state index in [-0.39, 0.29) is 5.69 Å². The molecule has 0 aliphatic heterocycles. The van der Waals surface area contributed by atoms with E-state index < -0.39 is 29.1 Å². The monoisotopic (exact) mass is 387 g/mol. The summed E-state index contributed by atoms with van der Waals surface area (Å²) in [6.07, 6.45) is 0. The molecule has 0 radical (unpaired) electrons. The Hall–Kier alpha value is -3.06. The van der Waals surface area contributed by atoms with Gasteiger partial charge in [-0.25, -0.2) is 13.6 Å². The number of esters is 1. The van der Waals surface area contributed by atoms with E-state index in [0.717, 1.165) is 24.3 Å². The lowest BCUT2D eigenvalue weighted by atomic mass is 10.0. The van der Waals surface area contributed by atoms with Gasteiger partial charge in [0.05, 0.1) is 23.2 Å². The number of hydrogen-bond donors (Lipinski definition) is 1. The highest BCUT2D eigenvalue weighted by molar-refractivity contribution is 7.12. The SMILES string of the molecule is COC(=O)c1cc(NC(=O)c2sccc2-c2ccc(C)cc2)c(F)cc1F. The Morgan fingerprint density at radius 2 is 1.74 bits per heavy atom. The van der Waals surface area contributed by atoms with Gasteiger partial charge in [0.25, 0.3) is 5.91 Å². The van der Waals surface area contributed by atoms with Gasteiger partial charge in [-0.15, -0.1) is 11.3 Å². The van der Waals surface area contributed by atoms with E-state index in [9.17, 15) is 18.4 Å². The number of amides is 1. The number of anilines is 1. The van der Waals surface area contributed by atoms with Crippen molar-refractivity contribution in [2.75, 3.05) is 12.4 Å². The fourth-order valence-electron chi connectivity index (χ4n) is 2.54. The molecule has 0 saturated heterocycles. The van der Waals surface area contributed by atoms with Crippen LogP contribution in [0.1, 0.15) is 25.6 Å². The number of rotatable bonds is 4. The van der Waals surface area contributed by atoms with Gasteiger partial charge in [0.2, 0.25) is 0 Å². The molecule has 1 amide bonds. The Labute approximate surface area is 158 Å². The van der Waals surface area contributed by atoms with Crippen LogP contribution < -0.4 is 5.32 Å². The van der Waals surface area contributed by atoms with Gasteiger partial charge in [0.1, 0.15) is 11.6 Å². The largest absolute Gasteiger partial charge is 0.465 e. The molecule has 0 spiro atoms. The number of hydrogen-bond acceptors (Lipinski definition) is 4. The van der Waals surface area contributed by atoms with Gasteiger partial charge in [-0.2, -0.15) is 0 Å². The highest BCUT2D eigenvalue weighted by Gasteiger charge is 2.20. The number of nitrogens with one attached hydrogen (secondary N) is 1. The Balaban J connectivity index is 1.92. The Morgan fingerprint density at radius 3 is 2.41 bits per heavy atom. The summed E-state index contributed by atoms with van der Waals surface area (Å²) < 4.78 is 32.3. The lowest BCUT2D eigenvalue weighted by Gasteiger charge is -2.10. The van der Waals surface area contributed by atoms with Crippen molar-refractivity contribution in [1.29, 1.82) is 0 Å². The second-order valence-electron chi connectivity index (χ2n) is 5.79. The maximum Gasteiger partial charge on any atom is 0.340 e. The average Bonchev–Trinajstić information content (AvgIpc) is 3.13. The standard InChI is InChI=1S/C20H15F2NO3S/c1-11-3-5-12(6-4-11)13-7-8-27-18(13)19(24)23-17-9-14(20(25)26-2)15(21)10-16(17)22/h3-10H,1-2H3,(H,23,24). The Bertz CT molecular complexity index is 1010. The number of ether oxygens (including phenoxy) is 1. The van der Waals surface area contributed by atoms with Gasteiger partial charge in [0.15, 0.2) is 0 Å². The predicted molar refractivity (Wildman–Crippen MR) is 100 cm³/mol. The third kappa shape index (κ3) is 3.88. The van der Waals surface area contributed by atoms with Crippen LogP contribution >= 0.6 is 11.3 Å². The second-order valence-corrected chi connectivity index (χ2v) is 6.70. The molecule has 0 fully saturated rings.